The van der Waals surface area contributed by atoms with E-state index in [1.165, 1.54) is 0 Å². The lowest BCUT2D eigenvalue weighted by Gasteiger charge is -2.22. The maximum Gasteiger partial charge on any atom is 0.240 e. The Morgan fingerprint density at radius 3 is 2.96 bits per heavy atom. The number of anilines is 2. The number of pyridine rings is 1. The van der Waals surface area contributed by atoms with Crippen molar-refractivity contribution in [3.05, 3.63) is 36.0 Å². The summed E-state index contributed by atoms with van der Waals surface area (Å²) in [5.74, 6) is 1.76. The van der Waals surface area contributed by atoms with E-state index in [4.69, 9.17) is 10.5 Å². The van der Waals surface area contributed by atoms with Crippen molar-refractivity contribution in [2.24, 2.45) is 5.92 Å². The second-order valence-corrected chi connectivity index (χ2v) is 7.35. The first-order valence-electron chi connectivity index (χ1n) is 9.61. The standard InChI is InChI=1S/C20H23N7O/c1-12-15-3-2-14(10-17(15)25-24-12)16-4-5-18(27-19(16)23-20(21)26-27)22-11-13-6-8-28-9-7-13/h2-5,10,13,22H,6-9,11H2,1H3,(H2,21,26)(H,24,25). The number of nitrogen functional groups attached to an aromatic ring is 1. The molecule has 1 aliphatic rings. The van der Waals surface area contributed by atoms with Crippen molar-refractivity contribution in [1.82, 2.24) is 24.8 Å². The van der Waals surface area contributed by atoms with E-state index < -0.39 is 0 Å². The Balaban J connectivity index is 1.51. The SMILES string of the molecule is Cc1[nH]nc2cc(-c3ccc(NCC4CCOCC4)n4nc(N)nc34)ccc12. The van der Waals surface area contributed by atoms with Gasteiger partial charge in [0.15, 0.2) is 5.65 Å². The van der Waals surface area contributed by atoms with Gasteiger partial charge in [0.1, 0.15) is 5.82 Å². The van der Waals surface area contributed by atoms with Gasteiger partial charge in [-0.3, -0.25) is 5.10 Å². The van der Waals surface area contributed by atoms with Gasteiger partial charge in [0.05, 0.1) is 5.52 Å². The van der Waals surface area contributed by atoms with Gasteiger partial charge < -0.3 is 15.8 Å². The highest BCUT2D eigenvalue weighted by Crippen LogP contribution is 2.30. The number of rotatable bonds is 4. The van der Waals surface area contributed by atoms with Gasteiger partial charge in [-0.25, -0.2) is 0 Å². The summed E-state index contributed by atoms with van der Waals surface area (Å²) in [6.45, 7) is 4.58. The molecule has 3 aromatic heterocycles. The molecule has 1 aliphatic heterocycles. The zero-order valence-electron chi connectivity index (χ0n) is 15.8. The molecule has 0 radical (unpaired) electrons. The Morgan fingerprint density at radius 2 is 2.11 bits per heavy atom. The smallest absolute Gasteiger partial charge is 0.240 e. The molecule has 8 nitrogen and oxygen atoms in total. The Bertz CT molecular complexity index is 1140. The van der Waals surface area contributed by atoms with Crippen molar-refractivity contribution < 1.29 is 4.74 Å². The Kier molecular flexibility index (Phi) is 4.12. The molecule has 0 unspecified atom stereocenters. The van der Waals surface area contributed by atoms with Crippen molar-refractivity contribution in [2.75, 3.05) is 30.8 Å². The number of nitrogens with two attached hydrogens (primary N) is 1. The predicted molar refractivity (Wildman–Crippen MR) is 109 cm³/mol. The summed E-state index contributed by atoms with van der Waals surface area (Å²) < 4.78 is 7.24. The summed E-state index contributed by atoms with van der Waals surface area (Å²) in [5, 5.41) is 16.4. The molecule has 0 amide bonds. The van der Waals surface area contributed by atoms with E-state index in [9.17, 15) is 0 Å². The topological polar surface area (TPSA) is 106 Å². The van der Waals surface area contributed by atoms with Gasteiger partial charge in [0.25, 0.3) is 0 Å². The molecule has 4 heterocycles. The first-order valence-corrected chi connectivity index (χ1v) is 9.61. The molecule has 4 aromatic rings. The van der Waals surface area contributed by atoms with Crippen LogP contribution in [-0.4, -0.2) is 44.6 Å². The number of nitrogens with one attached hydrogen (secondary N) is 2. The normalized spacial score (nSPS) is 15.5. The summed E-state index contributed by atoms with van der Waals surface area (Å²) in [6.07, 6.45) is 2.16. The molecule has 1 fully saturated rings. The fourth-order valence-corrected chi connectivity index (χ4v) is 3.85. The highest BCUT2D eigenvalue weighted by atomic mass is 16.5. The second-order valence-electron chi connectivity index (χ2n) is 7.35. The lowest BCUT2D eigenvalue weighted by atomic mass is 10.0. The van der Waals surface area contributed by atoms with Gasteiger partial charge in [-0.05, 0) is 49.4 Å². The van der Waals surface area contributed by atoms with Gasteiger partial charge in [0.2, 0.25) is 5.95 Å². The van der Waals surface area contributed by atoms with Crippen LogP contribution in [0, 0.1) is 12.8 Å². The van der Waals surface area contributed by atoms with Crippen LogP contribution in [0.25, 0.3) is 27.7 Å². The van der Waals surface area contributed by atoms with Gasteiger partial charge >= 0.3 is 0 Å². The minimum atomic E-state index is 0.262. The number of benzene rings is 1. The quantitative estimate of drug-likeness (QED) is 0.505. The van der Waals surface area contributed by atoms with Crippen molar-refractivity contribution in [2.45, 2.75) is 19.8 Å². The monoisotopic (exact) mass is 377 g/mol. The molecule has 5 rings (SSSR count). The minimum absolute atomic E-state index is 0.262. The van der Waals surface area contributed by atoms with Gasteiger partial charge in [-0.15, -0.1) is 5.10 Å². The molecule has 0 saturated carbocycles. The van der Waals surface area contributed by atoms with Crippen LogP contribution in [0.4, 0.5) is 11.8 Å². The van der Waals surface area contributed by atoms with Crippen LogP contribution >= 0.6 is 0 Å². The van der Waals surface area contributed by atoms with Crippen molar-refractivity contribution in [3.63, 3.8) is 0 Å². The molecule has 0 bridgehead atoms. The number of aromatic amines is 1. The zero-order valence-corrected chi connectivity index (χ0v) is 15.8. The number of H-pyrrole nitrogens is 1. The van der Waals surface area contributed by atoms with Crippen LogP contribution in [0.3, 0.4) is 0 Å². The molecule has 144 valence electrons. The van der Waals surface area contributed by atoms with E-state index in [2.05, 4.69) is 49.9 Å². The zero-order chi connectivity index (χ0) is 19.1. The molecule has 28 heavy (non-hydrogen) atoms. The number of nitrogens with zero attached hydrogens (tertiary/aromatic N) is 4. The highest BCUT2D eigenvalue weighted by molar-refractivity contribution is 5.89. The van der Waals surface area contributed by atoms with E-state index in [-0.39, 0.29) is 5.95 Å². The number of aryl methyl sites for hydroxylation is 1. The van der Waals surface area contributed by atoms with E-state index in [0.29, 0.717) is 5.92 Å². The third-order valence-corrected chi connectivity index (χ3v) is 5.47. The fraction of sp³-hybridized carbons (Fsp3) is 0.350. The van der Waals surface area contributed by atoms with Gasteiger partial charge in [-0.2, -0.15) is 14.6 Å². The summed E-state index contributed by atoms with van der Waals surface area (Å²) in [6, 6.07) is 10.3. The summed E-state index contributed by atoms with van der Waals surface area (Å²) in [5.41, 5.74) is 10.7. The minimum Gasteiger partial charge on any atom is -0.381 e. The number of aromatic nitrogens is 5. The van der Waals surface area contributed by atoms with Crippen LogP contribution in [0.5, 0.6) is 0 Å². The summed E-state index contributed by atoms with van der Waals surface area (Å²) in [4.78, 5) is 4.47. The number of hydrogen-bond acceptors (Lipinski definition) is 6. The largest absolute Gasteiger partial charge is 0.381 e. The Labute approximate surface area is 162 Å². The molecule has 0 spiro atoms. The molecular formula is C20H23N7O. The first kappa shape index (κ1) is 17.0. The van der Waals surface area contributed by atoms with Crippen molar-refractivity contribution in [1.29, 1.82) is 0 Å². The van der Waals surface area contributed by atoms with E-state index in [1.807, 2.05) is 13.0 Å². The van der Waals surface area contributed by atoms with E-state index >= 15 is 0 Å². The van der Waals surface area contributed by atoms with Crippen LogP contribution < -0.4 is 11.1 Å². The molecule has 8 heteroatoms. The van der Waals surface area contributed by atoms with Crippen molar-refractivity contribution >= 4 is 28.3 Å². The second kappa shape index (κ2) is 6.79. The molecule has 0 atom stereocenters. The number of hydrogen-bond donors (Lipinski definition) is 3. The number of ether oxygens (including phenoxy) is 1. The van der Waals surface area contributed by atoms with E-state index in [0.717, 1.165) is 71.8 Å². The molecular weight excluding hydrogens is 354 g/mol. The van der Waals surface area contributed by atoms with Crippen LogP contribution in [0.15, 0.2) is 30.3 Å². The Morgan fingerprint density at radius 1 is 1.25 bits per heavy atom. The predicted octanol–water partition coefficient (Wildman–Crippen LogP) is 3.00. The highest BCUT2D eigenvalue weighted by Gasteiger charge is 2.16. The summed E-state index contributed by atoms with van der Waals surface area (Å²) in [7, 11) is 0. The van der Waals surface area contributed by atoms with Crippen molar-refractivity contribution in [3.8, 4) is 11.1 Å². The van der Waals surface area contributed by atoms with Gasteiger partial charge in [0, 0.05) is 36.4 Å². The first-order chi connectivity index (χ1) is 13.7. The molecule has 1 aromatic carbocycles. The van der Waals surface area contributed by atoms with Crippen LogP contribution in [0.2, 0.25) is 0 Å². The van der Waals surface area contributed by atoms with Gasteiger partial charge in [-0.1, -0.05) is 12.1 Å². The lowest BCUT2D eigenvalue weighted by molar-refractivity contribution is 0.0699. The van der Waals surface area contributed by atoms with Crippen LogP contribution in [0.1, 0.15) is 18.5 Å². The third kappa shape index (κ3) is 2.95. The maximum atomic E-state index is 5.93. The van der Waals surface area contributed by atoms with Crippen LogP contribution in [-0.2, 0) is 4.74 Å². The fourth-order valence-electron chi connectivity index (χ4n) is 3.85. The Hall–Kier alpha value is -3.13. The molecule has 1 saturated heterocycles. The molecule has 4 N–H and O–H groups in total. The summed E-state index contributed by atoms with van der Waals surface area (Å²) >= 11 is 0. The average Bonchev–Trinajstić information content (AvgIpc) is 3.29. The maximum absolute atomic E-state index is 5.93. The number of fused-ring (bicyclic) bond motifs is 2. The third-order valence-electron chi connectivity index (χ3n) is 5.47. The average molecular weight is 377 g/mol. The molecule has 0 aliphatic carbocycles. The lowest BCUT2D eigenvalue weighted by Crippen LogP contribution is -2.23. The van der Waals surface area contributed by atoms with E-state index in [1.54, 1.807) is 4.52 Å².